The molecule has 3 nitrogen and oxygen atoms in total. The van der Waals surface area contributed by atoms with E-state index < -0.39 is 0 Å². The van der Waals surface area contributed by atoms with E-state index in [0.29, 0.717) is 5.58 Å². The zero-order chi connectivity index (χ0) is 10.4. The Balaban J connectivity index is 2.33. The molecule has 1 aromatic heterocycles. The van der Waals surface area contributed by atoms with Crippen LogP contribution in [0, 0.1) is 0 Å². The summed E-state index contributed by atoms with van der Waals surface area (Å²) in [5.41, 5.74) is 1.88. The van der Waals surface area contributed by atoms with Crippen molar-refractivity contribution in [2.45, 2.75) is 25.7 Å². The second-order valence-electron chi connectivity index (χ2n) is 4.05. The van der Waals surface area contributed by atoms with Gasteiger partial charge in [0.15, 0.2) is 11.5 Å². The van der Waals surface area contributed by atoms with Crippen LogP contribution in [0.25, 0.3) is 11.0 Å². The summed E-state index contributed by atoms with van der Waals surface area (Å²) in [6.07, 6.45) is 4.30. The molecule has 0 amide bonds. The molecule has 0 spiro atoms. The van der Waals surface area contributed by atoms with E-state index in [1.54, 1.807) is 6.07 Å². The van der Waals surface area contributed by atoms with Gasteiger partial charge in [-0.1, -0.05) is 0 Å². The summed E-state index contributed by atoms with van der Waals surface area (Å²) in [7, 11) is 0. The molecule has 0 atom stereocenters. The molecule has 78 valence electrons. The van der Waals surface area contributed by atoms with Gasteiger partial charge >= 0.3 is 0 Å². The highest BCUT2D eigenvalue weighted by atomic mass is 16.3. The van der Waals surface area contributed by atoms with Gasteiger partial charge in [-0.15, -0.1) is 0 Å². The first-order valence-corrected chi connectivity index (χ1v) is 5.22. The number of furan rings is 1. The van der Waals surface area contributed by atoms with Gasteiger partial charge in [-0.25, -0.2) is 0 Å². The van der Waals surface area contributed by atoms with Gasteiger partial charge in [0.1, 0.15) is 11.3 Å². The molecular weight excluding hydrogens is 192 g/mol. The molecule has 0 aliphatic heterocycles. The summed E-state index contributed by atoms with van der Waals surface area (Å²) in [6, 6.07) is 3.08. The first-order valence-electron chi connectivity index (χ1n) is 5.22. The van der Waals surface area contributed by atoms with Gasteiger partial charge in [-0.3, -0.25) is 0 Å². The minimum absolute atomic E-state index is 0.0725. The molecule has 15 heavy (non-hydrogen) atoms. The topological polar surface area (TPSA) is 53.6 Å². The second-order valence-corrected chi connectivity index (χ2v) is 4.05. The number of rotatable bonds is 0. The average Bonchev–Trinajstić information content (AvgIpc) is 2.57. The van der Waals surface area contributed by atoms with Crippen molar-refractivity contribution in [3.8, 4) is 11.5 Å². The molecule has 2 N–H and O–H groups in total. The zero-order valence-electron chi connectivity index (χ0n) is 8.29. The first kappa shape index (κ1) is 8.65. The maximum Gasteiger partial charge on any atom is 0.161 e. The van der Waals surface area contributed by atoms with Gasteiger partial charge in [0.25, 0.3) is 0 Å². The Morgan fingerprint density at radius 2 is 1.73 bits per heavy atom. The predicted octanol–water partition coefficient (Wildman–Crippen LogP) is 2.72. The number of hydrogen-bond donors (Lipinski definition) is 2. The van der Waals surface area contributed by atoms with Crippen molar-refractivity contribution >= 4 is 11.0 Å². The van der Waals surface area contributed by atoms with E-state index in [-0.39, 0.29) is 11.5 Å². The van der Waals surface area contributed by atoms with Crippen LogP contribution >= 0.6 is 0 Å². The third-order valence-corrected chi connectivity index (χ3v) is 3.05. The summed E-state index contributed by atoms with van der Waals surface area (Å²) >= 11 is 0. The van der Waals surface area contributed by atoms with Gasteiger partial charge in [0.05, 0.1) is 0 Å². The highest BCUT2D eigenvalue weighted by Gasteiger charge is 2.18. The molecule has 0 saturated carbocycles. The van der Waals surface area contributed by atoms with E-state index in [1.165, 1.54) is 18.1 Å². The van der Waals surface area contributed by atoms with E-state index in [0.717, 1.165) is 30.4 Å². The summed E-state index contributed by atoms with van der Waals surface area (Å²) in [4.78, 5) is 0. The fraction of sp³-hybridized carbons (Fsp3) is 0.333. The van der Waals surface area contributed by atoms with E-state index in [9.17, 15) is 10.2 Å². The molecule has 1 heterocycles. The first-order chi connectivity index (χ1) is 7.25. The largest absolute Gasteiger partial charge is 0.504 e. The summed E-state index contributed by atoms with van der Waals surface area (Å²) in [5, 5.41) is 19.8. The van der Waals surface area contributed by atoms with Crippen LogP contribution in [-0.4, -0.2) is 10.2 Å². The third-order valence-electron chi connectivity index (χ3n) is 3.05. The van der Waals surface area contributed by atoms with Crippen LogP contribution < -0.4 is 0 Å². The Kier molecular flexibility index (Phi) is 1.69. The van der Waals surface area contributed by atoms with E-state index in [1.807, 2.05) is 0 Å². The number of aromatic hydroxyl groups is 2. The maximum absolute atomic E-state index is 9.45. The van der Waals surface area contributed by atoms with Crippen molar-refractivity contribution in [2.24, 2.45) is 0 Å². The molecule has 2 aromatic rings. The van der Waals surface area contributed by atoms with Gasteiger partial charge in [-0.2, -0.15) is 0 Å². The molecule has 0 saturated heterocycles. The van der Waals surface area contributed by atoms with Crippen LogP contribution in [0.3, 0.4) is 0 Å². The molecule has 0 bridgehead atoms. The number of fused-ring (bicyclic) bond motifs is 3. The standard InChI is InChI=1S/C12H12O3/c13-9-5-8-7-3-1-2-4-11(7)15-12(8)6-10(9)14/h5-6,13-14H,1-4H2. The van der Waals surface area contributed by atoms with Crippen molar-refractivity contribution < 1.29 is 14.6 Å². The van der Waals surface area contributed by atoms with E-state index in [4.69, 9.17) is 4.42 Å². The summed E-state index contributed by atoms with van der Waals surface area (Å²) in [6.45, 7) is 0. The fourth-order valence-electron chi connectivity index (χ4n) is 2.29. The zero-order valence-corrected chi connectivity index (χ0v) is 8.29. The number of benzene rings is 1. The highest BCUT2D eigenvalue weighted by Crippen LogP contribution is 2.37. The number of phenolic OH excluding ortho intramolecular Hbond substituents is 2. The van der Waals surface area contributed by atoms with Gasteiger partial charge in [0.2, 0.25) is 0 Å². The van der Waals surface area contributed by atoms with Crippen molar-refractivity contribution in [3.05, 3.63) is 23.5 Å². The average molecular weight is 204 g/mol. The third kappa shape index (κ3) is 1.19. The molecule has 1 aliphatic rings. The van der Waals surface area contributed by atoms with Gasteiger partial charge in [0, 0.05) is 23.4 Å². The SMILES string of the molecule is Oc1cc2oc3c(c2cc1O)CCCC3. The molecule has 0 unspecified atom stereocenters. The summed E-state index contributed by atoms with van der Waals surface area (Å²) in [5.74, 6) is 0.825. The Hall–Kier alpha value is -1.64. The summed E-state index contributed by atoms with van der Waals surface area (Å²) < 4.78 is 5.66. The number of phenols is 2. The van der Waals surface area contributed by atoms with Gasteiger partial charge in [-0.05, 0) is 25.3 Å². The molecule has 0 fully saturated rings. The lowest BCUT2D eigenvalue weighted by Crippen LogP contribution is -1.98. The van der Waals surface area contributed by atoms with Crippen LogP contribution in [0.1, 0.15) is 24.2 Å². The maximum atomic E-state index is 9.45. The van der Waals surface area contributed by atoms with Crippen LogP contribution in [-0.2, 0) is 12.8 Å². The monoisotopic (exact) mass is 204 g/mol. The van der Waals surface area contributed by atoms with E-state index in [2.05, 4.69) is 0 Å². The molecule has 1 aromatic carbocycles. The highest BCUT2D eigenvalue weighted by molar-refractivity contribution is 5.85. The molecule has 3 heteroatoms. The minimum atomic E-state index is -0.117. The lowest BCUT2D eigenvalue weighted by Gasteiger charge is -2.08. The minimum Gasteiger partial charge on any atom is -0.504 e. The van der Waals surface area contributed by atoms with Gasteiger partial charge < -0.3 is 14.6 Å². The second kappa shape index (κ2) is 2.92. The van der Waals surface area contributed by atoms with Crippen LogP contribution in [0.4, 0.5) is 0 Å². The number of aryl methyl sites for hydroxylation is 2. The van der Waals surface area contributed by atoms with Crippen LogP contribution in [0.5, 0.6) is 11.5 Å². The molecule has 1 aliphatic carbocycles. The Bertz CT molecular complexity index is 525. The smallest absolute Gasteiger partial charge is 0.161 e. The van der Waals surface area contributed by atoms with Crippen molar-refractivity contribution in [1.82, 2.24) is 0 Å². The molecule has 3 rings (SSSR count). The van der Waals surface area contributed by atoms with Crippen molar-refractivity contribution in [1.29, 1.82) is 0 Å². The Morgan fingerprint density at radius 1 is 1.00 bits per heavy atom. The predicted molar refractivity (Wildman–Crippen MR) is 56.2 cm³/mol. The quantitative estimate of drug-likeness (QED) is 0.649. The molecule has 0 radical (unpaired) electrons. The lowest BCUT2D eigenvalue weighted by atomic mass is 9.96. The normalized spacial score (nSPS) is 15.5. The van der Waals surface area contributed by atoms with Crippen molar-refractivity contribution in [2.75, 3.05) is 0 Å². The number of hydrogen-bond acceptors (Lipinski definition) is 3. The Morgan fingerprint density at radius 3 is 2.60 bits per heavy atom. The lowest BCUT2D eigenvalue weighted by molar-refractivity contribution is 0.403. The fourth-order valence-corrected chi connectivity index (χ4v) is 2.29. The van der Waals surface area contributed by atoms with Crippen molar-refractivity contribution in [3.63, 3.8) is 0 Å². The Labute approximate surface area is 86.9 Å². The van der Waals surface area contributed by atoms with Crippen LogP contribution in [0.15, 0.2) is 16.5 Å². The molecular formula is C12H12O3. The van der Waals surface area contributed by atoms with Crippen LogP contribution in [0.2, 0.25) is 0 Å². The van der Waals surface area contributed by atoms with E-state index >= 15 is 0 Å².